The number of aryl methyl sites for hydroxylation is 2. The summed E-state index contributed by atoms with van der Waals surface area (Å²) < 4.78 is 2.18. The Morgan fingerprint density at radius 2 is 1.80 bits per heavy atom. The van der Waals surface area contributed by atoms with Crippen LogP contribution in [0.15, 0.2) is 54.6 Å². The Labute approximate surface area is 148 Å². The van der Waals surface area contributed by atoms with Crippen molar-refractivity contribution in [2.45, 2.75) is 33.9 Å². The van der Waals surface area contributed by atoms with E-state index in [4.69, 9.17) is 0 Å². The van der Waals surface area contributed by atoms with Gasteiger partial charge in [-0.25, -0.2) is 0 Å². The Hall–Kier alpha value is -2.88. The number of hydrogen-bond donors (Lipinski definition) is 1. The minimum absolute atomic E-state index is 0.0595. The molecule has 3 rings (SSSR count). The highest BCUT2D eigenvalue weighted by molar-refractivity contribution is 5.95. The van der Waals surface area contributed by atoms with Crippen LogP contribution < -0.4 is 5.32 Å². The predicted octanol–water partition coefficient (Wildman–Crippen LogP) is 3.79. The van der Waals surface area contributed by atoms with Gasteiger partial charge in [0, 0.05) is 23.6 Å². The minimum atomic E-state index is -0.0595. The van der Waals surface area contributed by atoms with Gasteiger partial charge in [-0.2, -0.15) is 0 Å². The zero-order chi connectivity index (χ0) is 17.8. The van der Waals surface area contributed by atoms with E-state index in [1.165, 1.54) is 5.56 Å². The average molecular weight is 333 g/mol. The number of carbonyl (C=O) groups excluding carboxylic acids is 1. The van der Waals surface area contributed by atoms with Crippen molar-refractivity contribution < 1.29 is 4.79 Å². The second kappa shape index (κ2) is 7.34. The Morgan fingerprint density at radius 3 is 2.52 bits per heavy atom. The number of aromatic nitrogens is 2. The molecule has 4 heteroatoms. The zero-order valence-corrected chi connectivity index (χ0v) is 14.9. The lowest BCUT2D eigenvalue weighted by Gasteiger charge is -2.10. The average Bonchev–Trinajstić information content (AvgIpc) is 2.89. The molecule has 0 fully saturated rings. The van der Waals surface area contributed by atoms with Crippen LogP contribution in [0.2, 0.25) is 0 Å². The molecule has 3 aromatic rings. The van der Waals surface area contributed by atoms with E-state index in [2.05, 4.69) is 27.0 Å². The monoisotopic (exact) mass is 333 g/mol. The summed E-state index contributed by atoms with van der Waals surface area (Å²) in [6.07, 6.45) is 0. The van der Waals surface area contributed by atoms with Gasteiger partial charge in [-0.05, 0) is 44.5 Å². The predicted molar refractivity (Wildman–Crippen MR) is 99.6 cm³/mol. The molecule has 0 saturated carbocycles. The SMILES string of the molecule is Cc1cccc(CNC(=O)c2cc(C)n(Cc3ccccc3)c2C)n1. The Balaban J connectivity index is 1.74. The second-order valence-corrected chi connectivity index (χ2v) is 6.31. The van der Waals surface area contributed by atoms with E-state index < -0.39 is 0 Å². The Bertz CT molecular complexity index is 881. The first-order chi connectivity index (χ1) is 12.0. The smallest absolute Gasteiger partial charge is 0.253 e. The third kappa shape index (κ3) is 3.97. The molecule has 4 nitrogen and oxygen atoms in total. The molecular weight excluding hydrogens is 310 g/mol. The zero-order valence-electron chi connectivity index (χ0n) is 14.9. The largest absolute Gasteiger partial charge is 0.346 e. The summed E-state index contributed by atoms with van der Waals surface area (Å²) in [5.41, 5.74) is 5.83. The number of benzene rings is 1. The number of rotatable bonds is 5. The van der Waals surface area contributed by atoms with Crippen LogP contribution in [0.3, 0.4) is 0 Å². The number of carbonyl (C=O) groups is 1. The highest BCUT2D eigenvalue weighted by Crippen LogP contribution is 2.17. The van der Waals surface area contributed by atoms with Crippen LogP contribution in [0, 0.1) is 20.8 Å². The maximum absolute atomic E-state index is 12.6. The number of hydrogen-bond acceptors (Lipinski definition) is 2. The molecule has 1 amide bonds. The van der Waals surface area contributed by atoms with Crippen LogP contribution in [0.1, 0.15) is 38.7 Å². The highest BCUT2D eigenvalue weighted by atomic mass is 16.1. The number of nitrogens with one attached hydrogen (secondary N) is 1. The molecule has 0 aliphatic heterocycles. The molecule has 0 aliphatic rings. The van der Waals surface area contributed by atoms with Gasteiger partial charge in [0.05, 0.1) is 17.8 Å². The number of nitrogens with zero attached hydrogens (tertiary/aromatic N) is 2. The molecule has 0 radical (unpaired) electrons. The fraction of sp³-hybridized carbons (Fsp3) is 0.238. The van der Waals surface area contributed by atoms with Crippen molar-refractivity contribution in [3.05, 3.63) is 88.5 Å². The summed E-state index contributed by atoms with van der Waals surface area (Å²) in [7, 11) is 0. The molecule has 2 heterocycles. The van der Waals surface area contributed by atoms with Crippen molar-refractivity contribution in [2.24, 2.45) is 0 Å². The van der Waals surface area contributed by atoms with Crippen LogP contribution in [-0.4, -0.2) is 15.5 Å². The topological polar surface area (TPSA) is 46.9 Å². The molecule has 0 bridgehead atoms. The van der Waals surface area contributed by atoms with Gasteiger partial charge in [0.25, 0.3) is 5.91 Å². The van der Waals surface area contributed by atoms with Crippen molar-refractivity contribution in [2.75, 3.05) is 0 Å². The molecule has 0 unspecified atom stereocenters. The van der Waals surface area contributed by atoms with Crippen LogP contribution in [0.25, 0.3) is 0 Å². The van der Waals surface area contributed by atoms with Crippen molar-refractivity contribution in [3.8, 4) is 0 Å². The quantitative estimate of drug-likeness (QED) is 0.772. The van der Waals surface area contributed by atoms with Crippen molar-refractivity contribution >= 4 is 5.91 Å². The van der Waals surface area contributed by atoms with Gasteiger partial charge >= 0.3 is 0 Å². The van der Waals surface area contributed by atoms with Gasteiger partial charge in [-0.3, -0.25) is 9.78 Å². The molecule has 2 aromatic heterocycles. The second-order valence-electron chi connectivity index (χ2n) is 6.31. The molecule has 0 aliphatic carbocycles. The molecule has 0 atom stereocenters. The van der Waals surface area contributed by atoms with Gasteiger partial charge in [0.2, 0.25) is 0 Å². The van der Waals surface area contributed by atoms with Gasteiger partial charge in [-0.15, -0.1) is 0 Å². The first-order valence-corrected chi connectivity index (χ1v) is 8.46. The molecule has 1 N–H and O–H groups in total. The highest BCUT2D eigenvalue weighted by Gasteiger charge is 2.15. The lowest BCUT2D eigenvalue weighted by Crippen LogP contribution is -2.24. The van der Waals surface area contributed by atoms with Gasteiger partial charge in [-0.1, -0.05) is 36.4 Å². The van der Waals surface area contributed by atoms with E-state index in [0.717, 1.165) is 34.9 Å². The normalized spacial score (nSPS) is 10.7. The molecule has 0 saturated heterocycles. The van der Waals surface area contributed by atoms with E-state index in [1.54, 1.807) is 0 Å². The van der Waals surface area contributed by atoms with Crippen LogP contribution in [0.5, 0.6) is 0 Å². The molecule has 25 heavy (non-hydrogen) atoms. The lowest BCUT2D eigenvalue weighted by molar-refractivity contribution is 0.0949. The van der Waals surface area contributed by atoms with Gasteiger partial charge in [0.1, 0.15) is 0 Å². The molecule has 0 spiro atoms. The first-order valence-electron chi connectivity index (χ1n) is 8.46. The maximum atomic E-state index is 12.6. The Kier molecular flexibility index (Phi) is 4.98. The van der Waals surface area contributed by atoms with Crippen LogP contribution >= 0.6 is 0 Å². The van der Waals surface area contributed by atoms with E-state index in [9.17, 15) is 4.79 Å². The Morgan fingerprint density at radius 1 is 1.04 bits per heavy atom. The van der Waals surface area contributed by atoms with E-state index in [1.807, 2.05) is 63.2 Å². The third-order valence-corrected chi connectivity index (χ3v) is 4.38. The number of pyridine rings is 1. The summed E-state index contributed by atoms with van der Waals surface area (Å²) in [5, 5.41) is 2.97. The van der Waals surface area contributed by atoms with Crippen molar-refractivity contribution in [1.29, 1.82) is 0 Å². The van der Waals surface area contributed by atoms with Crippen molar-refractivity contribution in [1.82, 2.24) is 14.9 Å². The summed E-state index contributed by atoms with van der Waals surface area (Å²) >= 11 is 0. The van der Waals surface area contributed by atoms with E-state index in [0.29, 0.717) is 6.54 Å². The van der Waals surface area contributed by atoms with Gasteiger partial charge in [0.15, 0.2) is 0 Å². The lowest BCUT2D eigenvalue weighted by atomic mass is 10.2. The number of amides is 1. The van der Waals surface area contributed by atoms with Gasteiger partial charge < -0.3 is 9.88 Å². The first kappa shape index (κ1) is 17.0. The molecular formula is C21H23N3O. The molecule has 1 aromatic carbocycles. The summed E-state index contributed by atoms with van der Waals surface area (Å²) in [4.78, 5) is 17.0. The summed E-state index contributed by atoms with van der Waals surface area (Å²) in [6.45, 7) is 7.18. The maximum Gasteiger partial charge on any atom is 0.253 e. The third-order valence-electron chi connectivity index (χ3n) is 4.38. The van der Waals surface area contributed by atoms with E-state index in [-0.39, 0.29) is 5.91 Å². The van der Waals surface area contributed by atoms with Crippen LogP contribution in [-0.2, 0) is 13.1 Å². The fourth-order valence-electron chi connectivity index (χ4n) is 3.00. The summed E-state index contributed by atoms with van der Waals surface area (Å²) in [5.74, 6) is -0.0595. The fourth-order valence-corrected chi connectivity index (χ4v) is 3.00. The summed E-state index contributed by atoms with van der Waals surface area (Å²) in [6, 6.07) is 18.1. The van der Waals surface area contributed by atoms with Crippen LogP contribution in [0.4, 0.5) is 0 Å². The standard InChI is InChI=1S/C21H23N3O/c1-15-8-7-11-19(23-15)13-22-21(25)20-12-16(2)24(17(20)3)14-18-9-5-4-6-10-18/h4-12H,13-14H2,1-3H3,(H,22,25). The molecule has 128 valence electrons. The van der Waals surface area contributed by atoms with Crippen molar-refractivity contribution in [3.63, 3.8) is 0 Å². The van der Waals surface area contributed by atoms with E-state index >= 15 is 0 Å². The minimum Gasteiger partial charge on any atom is -0.346 e.